The number of rotatable bonds is 6. The number of aromatic hydroxyl groups is 1. The zero-order valence-corrected chi connectivity index (χ0v) is 19.8. The van der Waals surface area contributed by atoms with Crippen LogP contribution in [0.2, 0.25) is 0 Å². The minimum absolute atomic E-state index is 0.0182. The largest absolute Gasteiger partial charge is 0.506 e. The number of nitro benzene ring substituents is 1. The van der Waals surface area contributed by atoms with Crippen molar-refractivity contribution in [3.63, 3.8) is 0 Å². The summed E-state index contributed by atoms with van der Waals surface area (Å²) in [6, 6.07) is 19.4. The number of ether oxygens (including phenoxy) is 1. The van der Waals surface area contributed by atoms with Crippen LogP contribution in [0.4, 0.5) is 17.1 Å². The first-order valence-electron chi connectivity index (χ1n) is 11.0. The van der Waals surface area contributed by atoms with Crippen LogP contribution in [0.3, 0.4) is 0 Å². The van der Waals surface area contributed by atoms with E-state index < -0.39 is 10.8 Å². The van der Waals surface area contributed by atoms with E-state index >= 15 is 0 Å². The van der Waals surface area contributed by atoms with Gasteiger partial charge < -0.3 is 20.1 Å². The molecule has 0 unspecified atom stereocenters. The normalized spacial score (nSPS) is 10.6. The van der Waals surface area contributed by atoms with Gasteiger partial charge in [0.15, 0.2) is 5.75 Å². The van der Waals surface area contributed by atoms with E-state index in [2.05, 4.69) is 5.32 Å². The van der Waals surface area contributed by atoms with E-state index in [9.17, 15) is 24.8 Å². The lowest BCUT2D eigenvalue weighted by molar-refractivity contribution is -0.384. The predicted octanol–water partition coefficient (Wildman–Crippen LogP) is 5.79. The van der Waals surface area contributed by atoms with Crippen LogP contribution in [0.5, 0.6) is 17.2 Å². The Balaban J connectivity index is 1.83. The predicted molar refractivity (Wildman–Crippen MR) is 137 cm³/mol. The number of aryl methyl sites for hydroxylation is 1. The summed E-state index contributed by atoms with van der Waals surface area (Å²) in [7, 11) is 1.48. The van der Waals surface area contributed by atoms with Gasteiger partial charge in [0, 0.05) is 42.6 Å². The molecule has 0 spiro atoms. The fraction of sp³-hybridized carbons (Fsp3) is 0.111. The summed E-state index contributed by atoms with van der Waals surface area (Å²) >= 11 is 0. The van der Waals surface area contributed by atoms with Crippen LogP contribution in [0.15, 0.2) is 72.8 Å². The Kier molecular flexibility index (Phi) is 6.56. The average molecular weight is 485 g/mol. The van der Waals surface area contributed by atoms with Gasteiger partial charge in [-0.1, -0.05) is 42.5 Å². The number of hydrogen-bond acceptors (Lipinski definition) is 6. The fourth-order valence-corrected chi connectivity index (χ4v) is 3.74. The van der Waals surface area contributed by atoms with Crippen LogP contribution in [0.1, 0.15) is 22.8 Å². The van der Waals surface area contributed by atoms with E-state index in [1.165, 1.54) is 43.1 Å². The second kappa shape index (κ2) is 9.75. The molecule has 9 nitrogen and oxygen atoms in total. The number of nitrogens with one attached hydrogen (secondary N) is 1. The molecule has 4 aromatic rings. The number of non-ortho nitro benzene ring substituents is 1. The molecule has 0 saturated carbocycles. The van der Waals surface area contributed by atoms with Crippen molar-refractivity contribution in [2.75, 3.05) is 17.3 Å². The number of amides is 2. The molecular formula is C27H23N3O6. The van der Waals surface area contributed by atoms with Crippen LogP contribution in [0, 0.1) is 17.0 Å². The van der Waals surface area contributed by atoms with E-state index in [0.717, 1.165) is 5.56 Å². The van der Waals surface area contributed by atoms with Crippen molar-refractivity contribution in [3.05, 3.63) is 94.0 Å². The van der Waals surface area contributed by atoms with Gasteiger partial charge in [-0.3, -0.25) is 19.7 Å². The minimum Gasteiger partial charge on any atom is -0.506 e. The van der Waals surface area contributed by atoms with Gasteiger partial charge in [-0.15, -0.1) is 0 Å². The second-order valence-corrected chi connectivity index (χ2v) is 8.17. The first-order chi connectivity index (χ1) is 17.2. The van der Waals surface area contributed by atoms with Gasteiger partial charge in [0.1, 0.15) is 11.5 Å². The summed E-state index contributed by atoms with van der Waals surface area (Å²) in [6.07, 6.45) is 0. The number of carbonyl (C=O) groups excluding carboxylic acids is 2. The first kappa shape index (κ1) is 24.2. The lowest BCUT2D eigenvalue weighted by Crippen LogP contribution is -2.23. The molecule has 0 heterocycles. The van der Waals surface area contributed by atoms with E-state index in [-0.39, 0.29) is 40.1 Å². The standard InChI is InChI=1S/C27H23N3O6/c1-16-8-4-7-11-22(16)28-27(33)21-15-25(19-9-5-6-10-20(19)26(21)32)36-24-13-12-18(30(34)35)14-23(24)29(3)17(2)31/h4-15,32H,1-3H3,(H,28,33). The Labute approximate surface area is 206 Å². The molecule has 4 rings (SSSR count). The summed E-state index contributed by atoms with van der Waals surface area (Å²) < 4.78 is 6.14. The number of para-hydroxylation sites is 1. The smallest absolute Gasteiger partial charge is 0.271 e. The van der Waals surface area contributed by atoms with Crippen molar-refractivity contribution in [1.82, 2.24) is 0 Å². The molecule has 0 atom stereocenters. The van der Waals surface area contributed by atoms with Crippen LogP contribution in [-0.4, -0.2) is 28.9 Å². The van der Waals surface area contributed by atoms with Crippen molar-refractivity contribution in [3.8, 4) is 17.2 Å². The summed E-state index contributed by atoms with van der Waals surface area (Å²) in [6.45, 7) is 3.18. The second-order valence-electron chi connectivity index (χ2n) is 8.17. The van der Waals surface area contributed by atoms with Crippen molar-refractivity contribution in [2.24, 2.45) is 0 Å². The number of phenolic OH excluding ortho intramolecular Hbond substituents is 1. The Morgan fingerprint density at radius 3 is 2.31 bits per heavy atom. The molecule has 36 heavy (non-hydrogen) atoms. The summed E-state index contributed by atoms with van der Waals surface area (Å²) in [5.41, 5.74) is 1.40. The SMILES string of the molecule is CC(=O)N(C)c1cc([N+](=O)[O-])ccc1Oc1cc(C(=O)Nc2ccccc2C)c(O)c2ccccc12. The third-order valence-corrected chi connectivity index (χ3v) is 5.82. The fourth-order valence-electron chi connectivity index (χ4n) is 3.74. The van der Waals surface area contributed by atoms with Crippen LogP contribution in [0.25, 0.3) is 10.8 Å². The van der Waals surface area contributed by atoms with E-state index in [1.54, 1.807) is 36.4 Å². The molecule has 0 aliphatic rings. The molecule has 0 bridgehead atoms. The summed E-state index contributed by atoms with van der Waals surface area (Å²) in [5.74, 6) is -0.713. The molecule has 0 aliphatic heterocycles. The number of anilines is 2. The Morgan fingerprint density at radius 2 is 1.64 bits per heavy atom. The highest BCUT2D eigenvalue weighted by atomic mass is 16.6. The number of nitrogens with zero attached hydrogens (tertiary/aromatic N) is 2. The zero-order chi connectivity index (χ0) is 26.0. The Hall–Kier alpha value is -4.92. The van der Waals surface area contributed by atoms with Gasteiger partial charge >= 0.3 is 0 Å². The minimum atomic E-state index is -0.564. The number of hydrogen-bond donors (Lipinski definition) is 2. The monoisotopic (exact) mass is 485 g/mol. The van der Waals surface area contributed by atoms with Gasteiger partial charge in [0.05, 0.1) is 16.2 Å². The molecule has 0 radical (unpaired) electrons. The van der Waals surface area contributed by atoms with Crippen LogP contribution < -0.4 is 15.0 Å². The number of benzene rings is 4. The number of phenols is 1. The molecule has 0 fully saturated rings. The van der Waals surface area contributed by atoms with Gasteiger partial charge in [0.2, 0.25) is 5.91 Å². The van der Waals surface area contributed by atoms with E-state index in [4.69, 9.17) is 4.74 Å². The molecule has 4 aromatic carbocycles. The number of fused-ring (bicyclic) bond motifs is 1. The Morgan fingerprint density at radius 1 is 0.972 bits per heavy atom. The van der Waals surface area contributed by atoms with Crippen LogP contribution in [-0.2, 0) is 4.79 Å². The molecule has 0 aliphatic carbocycles. The van der Waals surface area contributed by atoms with Crippen LogP contribution >= 0.6 is 0 Å². The quantitative estimate of drug-likeness (QED) is 0.263. The maximum Gasteiger partial charge on any atom is 0.271 e. The molecule has 2 amide bonds. The lowest BCUT2D eigenvalue weighted by Gasteiger charge is -2.20. The van der Waals surface area contributed by atoms with E-state index in [1.807, 2.05) is 19.1 Å². The summed E-state index contributed by atoms with van der Waals surface area (Å²) in [4.78, 5) is 37.2. The molecular weight excluding hydrogens is 462 g/mol. The molecule has 182 valence electrons. The summed E-state index contributed by atoms with van der Waals surface area (Å²) in [5, 5.41) is 25.9. The third-order valence-electron chi connectivity index (χ3n) is 5.82. The number of carbonyl (C=O) groups is 2. The highest BCUT2D eigenvalue weighted by Gasteiger charge is 2.22. The molecule has 2 N–H and O–H groups in total. The lowest BCUT2D eigenvalue weighted by atomic mass is 10.0. The van der Waals surface area contributed by atoms with Gasteiger partial charge in [-0.25, -0.2) is 0 Å². The van der Waals surface area contributed by atoms with Crippen molar-refractivity contribution in [1.29, 1.82) is 0 Å². The molecule has 9 heteroatoms. The average Bonchev–Trinajstić information content (AvgIpc) is 2.86. The van der Waals surface area contributed by atoms with Gasteiger partial charge in [-0.05, 0) is 30.7 Å². The first-order valence-corrected chi connectivity index (χ1v) is 11.0. The topological polar surface area (TPSA) is 122 Å². The maximum absolute atomic E-state index is 13.2. The highest BCUT2D eigenvalue weighted by Crippen LogP contribution is 2.41. The Bertz CT molecular complexity index is 1520. The molecule has 0 saturated heterocycles. The third kappa shape index (κ3) is 4.67. The van der Waals surface area contributed by atoms with Gasteiger partial charge in [0.25, 0.3) is 11.6 Å². The zero-order valence-electron chi connectivity index (χ0n) is 19.8. The van der Waals surface area contributed by atoms with Gasteiger partial charge in [-0.2, -0.15) is 0 Å². The highest BCUT2D eigenvalue weighted by molar-refractivity contribution is 6.11. The maximum atomic E-state index is 13.2. The molecule has 0 aromatic heterocycles. The van der Waals surface area contributed by atoms with E-state index in [0.29, 0.717) is 16.5 Å². The number of nitro groups is 1. The van der Waals surface area contributed by atoms with Crippen molar-refractivity contribution >= 4 is 39.6 Å². The van der Waals surface area contributed by atoms with Crippen molar-refractivity contribution in [2.45, 2.75) is 13.8 Å². The van der Waals surface area contributed by atoms with Crippen molar-refractivity contribution < 1.29 is 24.4 Å².